The first kappa shape index (κ1) is 20.1. The largest absolute Gasteiger partial charge is 0.347 e. The van der Waals surface area contributed by atoms with Crippen molar-refractivity contribution in [1.29, 1.82) is 0 Å². The van der Waals surface area contributed by atoms with Gasteiger partial charge < -0.3 is 9.80 Å². The number of amides is 1. The van der Waals surface area contributed by atoms with Crippen LogP contribution < -0.4 is 4.90 Å². The van der Waals surface area contributed by atoms with E-state index in [0.29, 0.717) is 6.54 Å². The Morgan fingerprint density at radius 2 is 1.76 bits per heavy atom. The predicted molar refractivity (Wildman–Crippen MR) is 116 cm³/mol. The summed E-state index contributed by atoms with van der Waals surface area (Å²) in [5.41, 5.74) is 3.24. The highest BCUT2D eigenvalue weighted by molar-refractivity contribution is 5.94. The zero-order valence-electron chi connectivity index (χ0n) is 18.0. The van der Waals surface area contributed by atoms with E-state index in [1.807, 2.05) is 24.1 Å². The molecule has 0 bridgehead atoms. The number of allylic oxidation sites excluding steroid dienone is 1. The molecule has 29 heavy (non-hydrogen) atoms. The van der Waals surface area contributed by atoms with E-state index in [2.05, 4.69) is 41.8 Å². The summed E-state index contributed by atoms with van der Waals surface area (Å²) in [5, 5.41) is 0. The Morgan fingerprint density at radius 3 is 2.48 bits per heavy atom. The lowest BCUT2D eigenvalue weighted by Crippen LogP contribution is -2.51. The van der Waals surface area contributed by atoms with Gasteiger partial charge in [0.05, 0.1) is 12.6 Å². The summed E-state index contributed by atoms with van der Waals surface area (Å²) in [6, 6.07) is 8.22. The van der Waals surface area contributed by atoms with Crippen molar-refractivity contribution in [1.82, 2.24) is 9.80 Å². The maximum absolute atomic E-state index is 13.1. The number of rotatable bonds is 4. The molecule has 1 aromatic rings. The van der Waals surface area contributed by atoms with E-state index in [1.165, 1.54) is 5.56 Å². The van der Waals surface area contributed by atoms with Gasteiger partial charge in [0.1, 0.15) is 0 Å². The van der Waals surface area contributed by atoms with E-state index in [9.17, 15) is 9.59 Å². The van der Waals surface area contributed by atoms with Gasteiger partial charge in [-0.15, -0.1) is 0 Å². The molecular weight excluding hydrogens is 362 g/mol. The monoisotopic (exact) mass is 395 g/mol. The standard InChI is InChI=1S/C24H33N3O2/c1-24(2)19-10-4-5-11-20(19)25(3)22(24)16-18(28)17-27-15-7-6-12-21(27)23(29)26-13-8-9-14-26/h4-5,10-11,16,21H,6-9,12-15,17H2,1-3H3/b22-16-. The summed E-state index contributed by atoms with van der Waals surface area (Å²) in [7, 11) is 2.04. The molecule has 1 unspecified atom stereocenters. The van der Waals surface area contributed by atoms with Crippen LogP contribution in [0.15, 0.2) is 36.0 Å². The van der Waals surface area contributed by atoms with Gasteiger partial charge in [0.15, 0.2) is 5.78 Å². The van der Waals surface area contributed by atoms with Crippen LogP contribution in [0.5, 0.6) is 0 Å². The maximum atomic E-state index is 13.1. The van der Waals surface area contributed by atoms with E-state index < -0.39 is 0 Å². The predicted octanol–water partition coefficient (Wildman–Crippen LogP) is 3.34. The zero-order valence-corrected chi connectivity index (χ0v) is 18.0. The van der Waals surface area contributed by atoms with Crippen molar-refractivity contribution in [3.8, 4) is 0 Å². The maximum Gasteiger partial charge on any atom is 0.239 e. The quantitative estimate of drug-likeness (QED) is 0.734. The van der Waals surface area contributed by atoms with Crippen molar-refractivity contribution >= 4 is 17.4 Å². The number of hydrogen-bond acceptors (Lipinski definition) is 4. The van der Waals surface area contributed by atoms with Gasteiger partial charge in [0.2, 0.25) is 5.91 Å². The lowest BCUT2D eigenvalue weighted by atomic mass is 9.83. The Morgan fingerprint density at radius 1 is 1.07 bits per heavy atom. The fourth-order valence-electron chi connectivity index (χ4n) is 5.27. The number of nitrogens with zero attached hydrogens (tertiary/aromatic N) is 3. The van der Waals surface area contributed by atoms with Crippen LogP contribution in [0.3, 0.4) is 0 Å². The number of piperidine rings is 1. The van der Waals surface area contributed by atoms with Crippen molar-refractivity contribution in [3.63, 3.8) is 0 Å². The molecule has 0 spiro atoms. The first-order valence-electron chi connectivity index (χ1n) is 11.0. The molecule has 5 nitrogen and oxygen atoms in total. The molecule has 0 aliphatic carbocycles. The summed E-state index contributed by atoms with van der Waals surface area (Å²) < 4.78 is 0. The highest BCUT2D eigenvalue weighted by Crippen LogP contribution is 2.46. The van der Waals surface area contributed by atoms with Crippen LogP contribution in [-0.2, 0) is 15.0 Å². The molecule has 1 amide bonds. The summed E-state index contributed by atoms with van der Waals surface area (Å²) in [5.74, 6) is 0.322. The van der Waals surface area contributed by atoms with Crippen molar-refractivity contribution < 1.29 is 9.59 Å². The van der Waals surface area contributed by atoms with Gasteiger partial charge in [-0.3, -0.25) is 14.5 Å². The van der Waals surface area contributed by atoms with E-state index in [4.69, 9.17) is 0 Å². The normalized spacial score (nSPS) is 25.5. The SMILES string of the molecule is CN1/C(=C\C(=O)CN2CCCCC2C(=O)N2CCCC2)C(C)(C)c2ccccc21. The van der Waals surface area contributed by atoms with Crippen molar-refractivity contribution in [3.05, 3.63) is 41.6 Å². The first-order valence-corrected chi connectivity index (χ1v) is 11.0. The van der Waals surface area contributed by atoms with Gasteiger partial charge in [-0.2, -0.15) is 0 Å². The molecule has 5 heteroatoms. The fourth-order valence-corrected chi connectivity index (χ4v) is 5.27. The van der Waals surface area contributed by atoms with Crippen LogP contribution in [0.1, 0.15) is 51.5 Å². The average Bonchev–Trinajstić information content (AvgIpc) is 3.31. The van der Waals surface area contributed by atoms with Gasteiger partial charge in [0, 0.05) is 43.0 Å². The number of para-hydroxylation sites is 1. The van der Waals surface area contributed by atoms with Crippen molar-refractivity contribution in [2.24, 2.45) is 0 Å². The number of fused-ring (bicyclic) bond motifs is 1. The Kier molecular flexibility index (Phi) is 5.52. The molecule has 3 aliphatic heterocycles. The lowest BCUT2D eigenvalue weighted by molar-refractivity contribution is -0.137. The minimum Gasteiger partial charge on any atom is -0.347 e. The second kappa shape index (κ2) is 7.94. The third-order valence-corrected chi connectivity index (χ3v) is 6.91. The van der Waals surface area contributed by atoms with E-state index in [1.54, 1.807) is 0 Å². The van der Waals surface area contributed by atoms with Crippen molar-refractivity contribution in [2.75, 3.05) is 38.1 Å². The van der Waals surface area contributed by atoms with Crippen LogP contribution in [0.25, 0.3) is 0 Å². The molecule has 3 aliphatic rings. The number of benzene rings is 1. The van der Waals surface area contributed by atoms with Gasteiger partial charge >= 0.3 is 0 Å². The molecule has 0 saturated carbocycles. The molecule has 3 heterocycles. The number of carbonyl (C=O) groups is 2. The molecule has 2 saturated heterocycles. The Bertz CT molecular complexity index is 823. The average molecular weight is 396 g/mol. The minimum atomic E-state index is -0.201. The number of hydrogen-bond donors (Lipinski definition) is 0. The smallest absolute Gasteiger partial charge is 0.239 e. The molecule has 156 valence electrons. The molecule has 1 aromatic carbocycles. The lowest BCUT2D eigenvalue weighted by Gasteiger charge is -2.36. The summed E-state index contributed by atoms with van der Waals surface area (Å²) >= 11 is 0. The van der Waals surface area contributed by atoms with Crippen LogP contribution in [0.4, 0.5) is 5.69 Å². The topological polar surface area (TPSA) is 43.9 Å². The number of anilines is 1. The van der Waals surface area contributed by atoms with Crippen LogP contribution >= 0.6 is 0 Å². The molecule has 0 N–H and O–H groups in total. The van der Waals surface area contributed by atoms with Crippen LogP contribution in [-0.4, -0.2) is 60.8 Å². The number of likely N-dealkylation sites (tertiary alicyclic amines) is 2. The highest BCUT2D eigenvalue weighted by Gasteiger charge is 2.39. The minimum absolute atomic E-state index is 0.0915. The molecule has 2 fully saturated rings. The summed E-state index contributed by atoms with van der Waals surface area (Å²) in [4.78, 5) is 32.3. The summed E-state index contributed by atoms with van der Waals surface area (Å²) in [6.07, 6.45) is 7.02. The fraction of sp³-hybridized carbons (Fsp3) is 0.583. The Labute approximate surface area is 174 Å². The Balaban J connectivity index is 1.50. The molecule has 4 rings (SSSR count). The number of ketones is 1. The second-order valence-electron chi connectivity index (χ2n) is 9.21. The van der Waals surface area contributed by atoms with Gasteiger partial charge in [-0.1, -0.05) is 38.5 Å². The molecule has 0 aromatic heterocycles. The molecule has 1 atom stereocenters. The first-order chi connectivity index (χ1) is 13.9. The Hall–Kier alpha value is -2.14. The van der Waals surface area contributed by atoms with Gasteiger partial charge in [0.25, 0.3) is 0 Å². The van der Waals surface area contributed by atoms with E-state index in [-0.39, 0.29) is 23.1 Å². The van der Waals surface area contributed by atoms with Crippen LogP contribution in [0.2, 0.25) is 0 Å². The third-order valence-electron chi connectivity index (χ3n) is 6.91. The molecule has 0 radical (unpaired) electrons. The zero-order chi connectivity index (χ0) is 20.6. The summed E-state index contributed by atoms with van der Waals surface area (Å²) in [6.45, 7) is 7.26. The third kappa shape index (κ3) is 3.73. The van der Waals surface area contributed by atoms with E-state index in [0.717, 1.165) is 63.1 Å². The van der Waals surface area contributed by atoms with E-state index >= 15 is 0 Å². The van der Waals surface area contributed by atoms with Gasteiger partial charge in [-0.25, -0.2) is 0 Å². The number of carbonyl (C=O) groups excluding carboxylic acids is 2. The molecular formula is C24H33N3O2. The number of likely N-dealkylation sites (N-methyl/N-ethyl adjacent to an activating group) is 1. The van der Waals surface area contributed by atoms with Gasteiger partial charge in [-0.05, 0) is 43.9 Å². The second-order valence-corrected chi connectivity index (χ2v) is 9.21. The highest BCUT2D eigenvalue weighted by atomic mass is 16.2. The van der Waals surface area contributed by atoms with Crippen molar-refractivity contribution in [2.45, 2.75) is 57.4 Å². The van der Waals surface area contributed by atoms with Crippen LogP contribution in [0, 0.1) is 0 Å².